The molecule has 1 unspecified atom stereocenters. The average Bonchev–Trinajstić information content (AvgIpc) is 2.45. The summed E-state index contributed by atoms with van der Waals surface area (Å²) in [6, 6.07) is 5.35. The van der Waals surface area contributed by atoms with Gasteiger partial charge >= 0.3 is 0 Å². The molecule has 2 amide bonds. The number of carbonyl (C=O) groups is 2. The summed E-state index contributed by atoms with van der Waals surface area (Å²) in [6.45, 7) is 0.194. The standard InChI is InChI=1S/C13H17N3O3/c14-6-8-1-3-10-9(5-8)2-4-12(18)16(10)13(19)11(17)7-15/h1,3,5,11,17H,2,4,6-7,14-15H2. The Kier molecular flexibility index (Phi) is 3.94. The molecule has 1 heterocycles. The van der Waals surface area contributed by atoms with Gasteiger partial charge in [-0.3, -0.25) is 9.59 Å². The maximum absolute atomic E-state index is 12.0. The van der Waals surface area contributed by atoms with E-state index >= 15 is 0 Å². The van der Waals surface area contributed by atoms with Gasteiger partial charge in [-0.1, -0.05) is 12.1 Å². The zero-order valence-corrected chi connectivity index (χ0v) is 10.5. The molecule has 2 rings (SSSR count). The molecule has 102 valence electrons. The molecule has 0 saturated heterocycles. The molecule has 1 aliphatic heterocycles. The summed E-state index contributed by atoms with van der Waals surface area (Å²) in [5, 5.41) is 9.53. The van der Waals surface area contributed by atoms with Crippen LogP contribution in [0.15, 0.2) is 18.2 Å². The highest BCUT2D eigenvalue weighted by molar-refractivity contribution is 6.17. The van der Waals surface area contributed by atoms with Crippen LogP contribution in [0.2, 0.25) is 0 Å². The first-order valence-corrected chi connectivity index (χ1v) is 6.15. The van der Waals surface area contributed by atoms with Crippen molar-refractivity contribution in [3.05, 3.63) is 29.3 Å². The van der Waals surface area contributed by atoms with E-state index in [1.807, 2.05) is 6.07 Å². The van der Waals surface area contributed by atoms with Crippen LogP contribution in [-0.2, 0) is 22.6 Å². The van der Waals surface area contributed by atoms with E-state index in [1.54, 1.807) is 12.1 Å². The number of hydrogen-bond donors (Lipinski definition) is 3. The molecule has 6 heteroatoms. The molecule has 5 N–H and O–H groups in total. The van der Waals surface area contributed by atoms with E-state index in [1.165, 1.54) is 0 Å². The van der Waals surface area contributed by atoms with E-state index in [0.717, 1.165) is 16.0 Å². The number of amides is 2. The van der Waals surface area contributed by atoms with Gasteiger partial charge in [-0.25, -0.2) is 4.90 Å². The van der Waals surface area contributed by atoms with Crippen LogP contribution in [0.25, 0.3) is 0 Å². The van der Waals surface area contributed by atoms with E-state index in [9.17, 15) is 14.7 Å². The summed E-state index contributed by atoms with van der Waals surface area (Å²) in [6.07, 6.45) is -0.543. The Balaban J connectivity index is 2.41. The van der Waals surface area contributed by atoms with Crippen molar-refractivity contribution in [2.24, 2.45) is 11.5 Å². The van der Waals surface area contributed by atoms with Crippen molar-refractivity contribution in [3.8, 4) is 0 Å². The van der Waals surface area contributed by atoms with Crippen LogP contribution in [0.1, 0.15) is 17.5 Å². The molecule has 1 aromatic carbocycles. The van der Waals surface area contributed by atoms with Gasteiger partial charge < -0.3 is 16.6 Å². The first-order chi connectivity index (χ1) is 9.08. The number of aliphatic hydroxyl groups is 1. The summed E-state index contributed by atoms with van der Waals surface area (Å²) in [4.78, 5) is 24.9. The highest BCUT2D eigenvalue weighted by atomic mass is 16.3. The summed E-state index contributed by atoms with van der Waals surface area (Å²) >= 11 is 0. The normalized spacial score (nSPS) is 16.2. The zero-order chi connectivity index (χ0) is 14.0. The topological polar surface area (TPSA) is 110 Å². The van der Waals surface area contributed by atoms with Gasteiger partial charge in [-0.2, -0.15) is 0 Å². The number of aliphatic hydroxyl groups excluding tert-OH is 1. The maximum Gasteiger partial charge on any atom is 0.263 e. The second-order valence-corrected chi connectivity index (χ2v) is 4.49. The number of nitrogens with two attached hydrogens (primary N) is 2. The van der Waals surface area contributed by atoms with Crippen LogP contribution in [0.5, 0.6) is 0 Å². The van der Waals surface area contributed by atoms with E-state index in [-0.39, 0.29) is 18.9 Å². The summed E-state index contributed by atoms with van der Waals surface area (Å²) in [7, 11) is 0. The molecule has 6 nitrogen and oxygen atoms in total. The highest BCUT2D eigenvalue weighted by Gasteiger charge is 2.32. The average molecular weight is 263 g/mol. The number of aryl methyl sites for hydroxylation is 1. The molecule has 1 atom stereocenters. The van der Waals surface area contributed by atoms with Gasteiger partial charge in [0.2, 0.25) is 5.91 Å². The Morgan fingerprint density at radius 1 is 1.37 bits per heavy atom. The van der Waals surface area contributed by atoms with E-state index in [4.69, 9.17) is 11.5 Å². The van der Waals surface area contributed by atoms with Crippen molar-refractivity contribution in [1.29, 1.82) is 0 Å². The molecular formula is C13H17N3O3. The number of imide groups is 1. The lowest BCUT2D eigenvalue weighted by atomic mass is 9.98. The number of rotatable bonds is 3. The Bertz CT molecular complexity index is 516. The van der Waals surface area contributed by atoms with Gasteiger partial charge in [0.05, 0.1) is 5.69 Å². The third-order valence-electron chi connectivity index (χ3n) is 3.21. The van der Waals surface area contributed by atoms with Crippen molar-refractivity contribution in [3.63, 3.8) is 0 Å². The Hall–Kier alpha value is -1.76. The van der Waals surface area contributed by atoms with Crippen LogP contribution in [-0.4, -0.2) is 29.6 Å². The van der Waals surface area contributed by atoms with Crippen LogP contribution in [0, 0.1) is 0 Å². The van der Waals surface area contributed by atoms with Gasteiger partial charge in [-0.05, 0) is 23.6 Å². The van der Waals surface area contributed by atoms with E-state index < -0.39 is 12.0 Å². The fourth-order valence-corrected chi connectivity index (χ4v) is 2.16. The monoisotopic (exact) mass is 263 g/mol. The highest BCUT2D eigenvalue weighted by Crippen LogP contribution is 2.29. The van der Waals surface area contributed by atoms with Gasteiger partial charge in [0.15, 0.2) is 0 Å². The lowest BCUT2D eigenvalue weighted by molar-refractivity contribution is -0.131. The van der Waals surface area contributed by atoms with Crippen LogP contribution in [0.4, 0.5) is 5.69 Å². The number of hydrogen-bond acceptors (Lipinski definition) is 5. The van der Waals surface area contributed by atoms with Crippen LogP contribution < -0.4 is 16.4 Å². The third kappa shape index (κ3) is 2.51. The van der Waals surface area contributed by atoms with Crippen molar-refractivity contribution in [2.75, 3.05) is 11.4 Å². The molecule has 0 radical (unpaired) electrons. The van der Waals surface area contributed by atoms with Gasteiger partial charge in [0, 0.05) is 19.5 Å². The second kappa shape index (κ2) is 5.48. The Morgan fingerprint density at radius 2 is 2.11 bits per heavy atom. The number of fused-ring (bicyclic) bond motifs is 1. The lowest BCUT2D eigenvalue weighted by Gasteiger charge is -2.29. The quantitative estimate of drug-likeness (QED) is 0.666. The predicted molar refractivity (Wildman–Crippen MR) is 70.2 cm³/mol. The molecular weight excluding hydrogens is 246 g/mol. The van der Waals surface area contributed by atoms with Crippen molar-refractivity contribution in [2.45, 2.75) is 25.5 Å². The molecule has 0 spiro atoms. The van der Waals surface area contributed by atoms with E-state index in [0.29, 0.717) is 18.7 Å². The predicted octanol–water partition coefficient (Wildman–Crippen LogP) is -0.729. The molecule has 0 saturated carbocycles. The van der Waals surface area contributed by atoms with Gasteiger partial charge in [0.1, 0.15) is 6.10 Å². The minimum absolute atomic E-state index is 0.209. The smallest absolute Gasteiger partial charge is 0.263 e. The SMILES string of the molecule is NCc1ccc2c(c1)CCC(=O)N2C(=O)C(O)CN. The molecule has 0 aromatic heterocycles. The molecule has 0 bridgehead atoms. The molecule has 0 aliphatic carbocycles. The molecule has 0 fully saturated rings. The third-order valence-corrected chi connectivity index (χ3v) is 3.21. The Labute approximate surface area is 111 Å². The zero-order valence-electron chi connectivity index (χ0n) is 10.5. The summed E-state index contributed by atoms with van der Waals surface area (Å²) in [5.41, 5.74) is 13.2. The fraction of sp³-hybridized carbons (Fsp3) is 0.385. The minimum atomic E-state index is -1.36. The van der Waals surface area contributed by atoms with Gasteiger partial charge in [-0.15, -0.1) is 0 Å². The molecule has 1 aromatic rings. The number of benzene rings is 1. The molecule has 1 aliphatic rings. The first kappa shape index (κ1) is 13.7. The first-order valence-electron chi connectivity index (χ1n) is 6.15. The summed E-state index contributed by atoms with van der Waals surface area (Å²) < 4.78 is 0. The lowest BCUT2D eigenvalue weighted by Crippen LogP contribution is -2.48. The van der Waals surface area contributed by atoms with Crippen molar-refractivity contribution >= 4 is 17.5 Å². The minimum Gasteiger partial charge on any atom is -0.382 e. The Morgan fingerprint density at radius 3 is 2.74 bits per heavy atom. The largest absolute Gasteiger partial charge is 0.382 e. The summed E-state index contributed by atoms with van der Waals surface area (Å²) in [5.74, 6) is -0.987. The number of anilines is 1. The molecule has 19 heavy (non-hydrogen) atoms. The van der Waals surface area contributed by atoms with Crippen LogP contribution in [0.3, 0.4) is 0 Å². The van der Waals surface area contributed by atoms with Gasteiger partial charge in [0.25, 0.3) is 5.91 Å². The maximum atomic E-state index is 12.0. The van der Waals surface area contributed by atoms with E-state index in [2.05, 4.69) is 0 Å². The van der Waals surface area contributed by atoms with Crippen molar-refractivity contribution in [1.82, 2.24) is 0 Å². The van der Waals surface area contributed by atoms with Crippen molar-refractivity contribution < 1.29 is 14.7 Å². The second-order valence-electron chi connectivity index (χ2n) is 4.49. The number of carbonyl (C=O) groups excluding carboxylic acids is 2. The fourth-order valence-electron chi connectivity index (χ4n) is 2.16. The number of nitrogens with zero attached hydrogens (tertiary/aromatic N) is 1. The van der Waals surface area contributed by atoms with Crippen LogP contribution >= 0.6 is 0 Å².